The van der Waals surface area contributed by atoms with Crippen LogP contribution < -0.4 is 5.73 Å². The van der Waals surface area contributed by atoms with Gasteiger partial charge < -0.3 is 10.3 Å². The van der Waals surface area contributed by atoms with Gasteiger partial charge >= 0.3 is 0 Å². The summed E-state index contributed by atoms with van der Waals surface area (Å²) in [4.78, 5) is 8.58. The topological polar surface area (TPSA) is 56.7 Å². The molecule has 4 heteroatoms. The molecule has 0 aliphatic heterocycles. The normalized spacial score (nSPS) is 10.6. The molecule has 0 aromatic carbocycles. The van der Waals surface area contributed by atoms with E-state index in [1.165, 1.54) is 0 Å². The Morgan fingerprint density at radius 3 is 2.80 bits per heavy atom. The van der Waals surface area contributed by atoms with Crippen LogP contribution in [0.15, 0.2) is 24.5 Å². The Kier molecular flexibility index (Phi) is 2.51. The largest absolute Gasteiger partial charge is 0.331 e. The summed E-state index contributed by atoms with van der Waals surface area (Å²) < 4.78 is 2.04. The predicted octanol–water partition coefficient (Wildman–Crippen LogP) is 1.25. The Hall–Kier alpha value is -1.68. The summed E-state index contributed by atoms with van der Waals surface area (Å²) in [6, 6.07) is 3.90. The van der Waals surface area contributed by atoms with E-state index < -0.39 is 0 Å². The molecule has 0 bridgehead atoms. The van der Waals surface area contributed by atoms with Gasteiger partial charge in [0, 0.05) is 37.2 Å². The summed E-state index contributed by atoms with van der Waals surface area (Å²) in [6.07, 6.45) is 3.56. The van der Waals surface area contributed by atoms with Crippen LogP contribution in [0.2, 0.25) is 0 Å². The van der Waals surface area contributed by atoms with Crippen LogP contribution >= 0.6 is 0 Å². The predicted molar refractivity (Wildman–Crippen MR) is 59.1 cm³/mol. The average molecular weight is 202 g/mol. The molecule has 4 nitrogen and oxygen atoms in total. The van der Waals surface area contributed by atoms with Gasteiger partial charge in [-0.1, -0.05) is 0 Å². The highest BCUT2D eigenvalue weighted by Crippen LogP contribution is 2.19. The van der Waals surface area contributed by atoms with E-state index in [0.717, 1.165) is 22.8 Å². The number of pyridine rings is 1. The van der Waals surface area contributed by atoms with Crippen molar-refractivity contribution in [2.75, 3.05) is 0 Å². The first kappa shape index (κ1) is 9.86. The molecular formula is C11H14N4. The van der Waals surface area contributed by atoms with E-state index in [1.54, 1.807) is 6.20 Å². The van der Waals surface area contributed by atoms with E-state index >= 15 is 0 Å². The molecule has 78 valence electrons. The van der Waals surface area contributed by atoms with Crippen LogP contribution in [0.25, 0.3) is 11.4 Å². The summed E-state index contributed by atoms with van der Waals surface area (Å²) in [6.45, 7) is 2.50. The van der Waals surface area contributed by atoms with Crippen LogP contribution in [-0.4, -0.2) is 14.5 Å². The van der Waals surface area contributed by atoms with Gasteiger partial charge in [-0.2, -0.15) is 0 Å². The molecule has 0 aliphatic rings. The van der Waals surface area contributed by atoms with Crippen molar-refractivity contribution >= 4 is 0 Å². The monoisotopic (exact) mass is 202 g/mol. The summed E-state index contributed by atoms with van der Waals surface area (Å²) >= 11 is 0. The fraction of sp³-hybridized carbons (Fsp3) is 0.273. The molecule has 0 radical (unpaired) electrons. The Balaban J connectivity index is 2.55. The number of imidazole rings is 1. The van der Waals surface area contributed by atoms with Crippen LogP contribution in [0.5, 0.6) is 0 Å². The first-order chi connectivity index (χ1) is 7.24. The van der Waals surface area contributed by atoms with Crippen LogP contribution in [-0.2, 0) is 13.6 Å². The molecule has 2 aromatic rings. The highest BCUT2D eigenvalue weighted by atomic mass is 15.1. The molecule has 0 saturated carbocycles. The quantitative estimate of drug-likeness (QED) is 0.797. The van der Waals surface area contributed by atoms with E-state index in [9.17, 15) is 0 Å². The van der Waals surface area contributed by atoms with Crippen molar-refractivity contribution in [2.45, 2.75) is 13.5 Å². The van der Waals surface area contributed by atoms with Gasteiger partial charge in [-0.05, 0) is 19.1 Å². The zero-order valence-corrected chi connectivity index (χ0v) is 8.94. The average Bonchev–Trinajstić information content (AvgIpc) is 2.57. The van der Waals surface area contributed by atoms with Gasteiger partial charge in [-0.15, -0.1) is 0 Å². The van der Waals surface area contributed by atoms with Crippen LogP contribution in [0.4, 0.5) is 0 Å². The molecular weight excluding hydrogens is 188 g/mol. The molecule has 2 aromatic heterocycles. The molecule has 15 heavy (non-hydrogen) atoms. The highest BCUT2D eigenvalue weighted by molar-refractivity contribution is 5.55. The number of nitrogens with zero attached hydrogens (tertiary/aromatic N) is 3. The number of hydrogen-bond donors (Lipinski definition) is 1. The number of aromatic nitrogens is 3. The van der Waals surface area contributed by atoms with Crippen molar-refractivity contribution in [2.24, 2.45) is 12.8 Å². The summed E-state index contributed by atoms with van der Waals surface area (Å²) in [5, 5.41) is 0. The van der Waals surface area contributed by atoms with Crippen LogP contribution in [0, 0.1) is 6.92 Å². The lowest BCUT2D eigenvalue weighted by Gasteiger charge is -2.01. The standard InChI is InChI=1S/C11H14N4/c1-8-10(6-12)14-11(15(8)2)9-4-3-5-13-7-9/h3-5,7H,6,12H2,1-2H3. The minimum atomic E-state index is 0.472. The maximum Gasteiger partial charge on any atom is 0.141 e. The zero-order chi connectivity index (χ0) is 10.8. The van der Waals surface area contributed by atoms with Gasteiger partial charge in [0.2, 0.25) is 0 Å². The zero-order valence-electron chi connectivity index (χ0n) is 8.94. The first-order valence-electron chi connectivity index (χ1n) is 4.86. The van der Waals surface area contributed by atoms with Crippen molar-refractivity contribution < 1.29 is 0 Å². The smallest absolute Gasteiger partial charge is 0.141 e. The Morgan fingerprint density at radius 2 is 2.27 bits per heavy atom. The highest BCUT2D eigenvalue weighted by Gasteiger charge is 2.10. The summed E-state index contributed by atoms with van der Waals surface area (Å²) in [5.41, 5.74) is 8.68. The maximum absolute atomic E-state index is 5.62. The van der Waals surface area contributed by atoms with Crippen LogP contribution in [0.1, 0.15) is 11.4 Å². The summed E-state index contributed by atoms with van der Waals surface area (Å²) in [5.74, 6) is 0.918. The molecule has 0 amide bonds. The number of hydrogen-bond acceptors (Lipinski definition) is 3. The minimum Gasteiger partial charge on any atom is -0.331 e. The molecule has 0 atom stereocenters. The van der Waals surface area contributed by atoms with Gasteiger partial charge in [0.15, 0.2) is 0 Å². The van der Waals surface area contributed by atoms with Crippen molar-refractivity contribution in [1.29, 1.82) is 0 Å². The molecule has 0 unspecified atom stereocenters. The van der Waals surface area contributed by atoms with Gasteiger partial charge in [0.05, 0.1) is 5.69 Å². The Bertz CT molecular complexity index is 459. The third kappa shape index (κ3) is 1.64. The van der Waals surface area contributed by atoms with E-state index in [2.05, 4.69) is 9.97 Å². The lowest BCUT2D eigenvalue weighted by atomic mass is 10.3. The summed E-state index contributed by atoms with van der Waals surface area (Å²) in [7, 11) is 1.99. The van der Waals surface area contributed by atoms with Crippen molar-refractivity contribution in [3.8, 4) is 11.4 Å². The van der Waals surface area contributed by atoms with E-state index in [4.69, 9.17) is 5.73 Å². The molecule has 2 N–H and O–H groups in total. The second-order valence-corrected chi connectivity index (χ2v) is 3.47. The lowest BCUT2D eigenvalue weighted by Crippen LogP contribution is -1.99. The molecule has 2 heterocycles. The van der Waals surface area contributed by atoms with Gasteiger partial charge in [0.1, 0.15) is 5.82 Å². The van der Waals surface area contributed by atoms with Crippen LogP contribution in [0.3, 0.4) is 0 Å². The fourth-order valence-corrected chi connectivity index (χ4v) is 1.58. The van der Waals surface area contributed by atoms with Crippen molar-refractivity contribution in [3.05, 3.63) is 35.9 Å². The van der Waals surface area contributed by atoms with E-state index in [1.807, 2.05) is 36.9 Å². The van der Waals surface area contributed by atoms with E-state index in [0.29, 0.717) is 6.54 Å². The Morgan fingerprint density at radius 1 is 1.47 bits per heavy atom. The molecule has 2 rings (SSSR count). The third-order valence-electron chi connectivity index (χ3n) is 2.59. The lowest BCUT2D eigenvalue weighted by molar-refractivity contribution is 0.872. The second kappa shape index (κ2) is 3.82. The van der Waals surface area contributed by atoms with Crippen molar-refractivity contribution in [1.82, 2.24) is 14.5 Å². The van der Waals surface area contributed by atoms with Gasteiger partial charge in [-0.25, -0.2) is 4.98 Å². The fourth-order valence-electron chi connectivity index (χ4n) is 1.58. The third-order valence-corrected chi connectivity index (χ3v) is 2.59. The van der Waals surface area contributed by atoms with Crippen molar-refractivity contribution in [3.63, 3.8) is 0 Å². The molecule has 0 aliphatic carbocycles. The van der Waals surface area contributed by atoms with E-state index in [-0.39, 0.29) is 0 Å². The Labute approximate surface area is 88.8 Å². The van der Waals surface area contributed by atoms with Gasteiger partial charge in [-0.3, -0.25) is 4.98 Å². The minimum absolute atomic E-state index is 0.472. The second-order valence-electron chi connectivity index (χ2n) is 3.47. The van der Waals surface area contributed by atoms with Gasteiger partial charge in [0.25, 0.3) is 0 Å². The SMILES string of the molecule is Cc1c(CN)nc(-c2cccnc2)n1C. The molecule has 0 fully saturated rings. The maximum atomic E-state index is 5.62. The molecule has 0 saturated heterocycles. The number of rotatable bonds is 2. The first-order valence-corrected chi connectivity index (χ1v) is 4.86. The molecule has 0 spiro atoms. The number of nitrogens with two attached hydrogens (primary N) is 1.